The van der Waals surface area contributed by atoms with Gasteiger partial charge in [0.1, 0.15) is 17.7 Å². The highest BCUT2D eigenvalue weighted by molar-refractivity contribution is 7.99. The van der Waals surface area contributed by atoms with Crippen LogP contribution in [-0.4, -0.2) is 106 Å². The van der Waals surface area contributed by atoms with E-state index in [9.17, 15) is 19.2 Å². The maximum Gasteiger partial charge on any atom is 0.411 e. The highest BCUT2D eigenvalue weighted by atomic mass is 32.2. The Balaban J connectivity index is 1.75. The Hall–Kier alpha value is -2.40. The number of carbonyl (C=O) groups is 4. The van der Waals surface area contributed by atoms with Crippen molar-refractivity contribution in [2.45, 2.75) is 63.8 Å². The van der Waals surface area contributed by atoms with Gasteiger partial charge in [0.2, 0.25) is 5.91 Å². The summed E-state index contributed by atoms with van der Waals surface area (Å²) in [5, 5.41) is 0. The van der Waals surface area contributed by atoms with Gasteiger partial charge < -0.3 is 19.3 Å². The second-order valence-electron chi connectivity index (χ2n) is 10.4. The maximum absolute atomic E-state index is 13.7. The van der Waals surface area contributed by atoms with Crippen molar-refractivity contribution in [2.75, 3.05) is 43.8 Å². The molecule has 2 aliphatic rings. The summed E-state index contributed by atoms with van der Waals surface area (Å²) in [6.45, 7) is 6.28. The fraction of sp³-hybridized carbons (Fsp3) is 0.630. The SMILES string of the molecule is COC(=O)[C@H](CCSC)N(C(=O)c1ccccc1)C1CCN(C(=O)[C@@H]2CSCN2C(=O)OC(C)(C)C)CC1. The van der Waals surface area contributed by atoms with Crippen LogP contribution in [0.1, 0.15) is 50.4 Å². The van der Waals surface area contributed by atoms with Gasteiger partial charge in [-0.15, -0.1) is 11.8 Å². The average molecular weight is 566 g/mol. The molecule has 0 bridgehead atoms. The zero-order valence-electron chi connectivity index (χ0n) is 22.9. The van der Waals surface area contributed by atoms with E-state index in [0.29, 0.717) is 55.3 Å². The summed E-state index contributed by atoms with van der Waals surface area (Å²) in [4.78, 5) is 57.6. The summed E-state index contributed by atoms with van der Waals surface area (Å²) < 4.78 is 10.6. The Morgan fingerprint density at radius 2 is 1.79 bits per heavy atom. The molecule has 0 spiro atoms. The number of hydrogen-bond donors (Lipinski definition) is 0. The van der Waals surface area contributed by atoms with Crippen LogP contribution in [0.15, 0.2) is 30.3 Å². The van der Waals surface area contributed by atoms with E-state index in [1.165, 1.54) is 23.8 Å². The Morgan fingerprint density at radius 3 is 2.37 bits per heavy atom. The molecule has 0 saturated carbocycles. The van der Waals surface area contributed by atoms with E-state index in [4.69, 9.17) is 9.47 Å². The molecule has 2 aliphatic heterocycles. The fourth-order valence-electron chi connectivity index (χ4n) is 4.75. The lowest BCUT2D eigenvalue weighted by molar-refractivity contribution is -0.148. The van der Waals surface area contributed by atoms with Gasteiger partial charge in [0.05, 0.1) is 13.0 Å². The lowest BCUT2D eigenvalue weighted by atomic mass is 9.98. The van der Waals surface area contributed by atoms with Gasteiger partial charge in [-0.1, -0.05) is 18.2 Å². The van der Waals surface area contributed by atoms with Crippen LogP contribution >= 0.6 is 23.5 Å². The van der Waals surface area contributed by atoms with E-state index >= 15 is 0 Å². The minimum absolute atomic E-state index is 0.104. The monoisotopic (exact) mass is 565 g/mol. The van der Waals surface area contributed by atoms with Crippen LogP contribution in [-0.2, 0) is 19.1 Å². The van der Waals surface area contributed by atoms with Crippen molar-refractivity contribution in [1.82, 2.24) is 14.7 Å². The molecule has 3 rings (SSSR count). The van der Waals surface area contributed by atoms with Gasteiger partial charge in [0, 0.05) is 30.4 Å². The molecule has 0 N–H and O–H groups in total. The Labute approximate surface area is 233 Å². The summed E-state index contributed by atoms with van der Waals surface area (Å²) in [6, 6.07) is 7.45. The zero-order valence-corrected chi connectivity index (χ0v) is 24.5. The minimum atomic E-state index is -0.707. The number of carbonyl (C=O) groups excluding carboxylic acids is 4. The van der Waals surface area contributed by atoms with Crippen LogP contribution < -0.4 is 0 Å². The topological polar surface area (TPSA) is 96.5 Å². The predicted octanol–water partition coefficient (Wildman–Crippen LogP) is 3.72. The predicted molar refractivity (Wildman–Crippen MR) is 150 cm³/mol. The smallest absolute Gasteiger partial charge is 0.411 e. The van der Waals surface area contributed by atoms with E-state index in [1.807, 2.05) is 12.3 Å². The van der Waals surface area contributed by atoms with Crippen molar-refractivity contribution in [3.8, 4) is 0 Å². The van der Waals surface area contributed by atoms with Crippen LogP contribution in [0.5, 0.6) is 0 Å². The molecule has 2 saturated heterocycles. The molecule has 2 fully saturated rings. The molecule has 3 amide bonds. The molecule has 1 aromatic carbocycles. The van der Waals surface area contributed by atoms with Gasteiger partial charge in [-0.3, -0.25) is 14.5 Å². The summed E-state index contributed by atoms with van der Waals surface area (Å²) in [5.41, 5.74) is -0.127. The van der Waals surface area contributed by atoms with E-state index in [1.54, 1.807) is 66.6 Å². The summed E-state index contributed by atoms with van der Waals surface area (Å²) in [6.07, 6.45) is 3.02. The quantitative estimate of drug-likeness (QED) is 0.440. The first-order chi connectivity index (χ1) is 18.1. The number of amides is 3. The first-order valence-corrected chi connectivity index (χ1v) is 15.4. The van der Waals surface area contributed by atoms with Crippen molar-refractivity contribution < 1.29 is 28.7 Å². The van der Waals surface area contributed by atoms with E-state index < -0.39 is 29.7 Å². The first-order valence-electron chi connectivity index (χ1n) is 12.9. The van der Waals surface area contributed by atoms with Gasteiger partial charge in [0.15, 0.2) is 0 Å². The second kappa shape index (κ2) is 13.6. The van der Waals surface area contributed by atoms with Gasteiger partial charge in [0.25, 0.3) is 5.91 Å². The third-order valence-corrected chi connectivity index (χ3v) is 8.28. The Morgan fingerprint density at radius 1 is 1.13 bits per heavy atom. The van der Waals surface area contributed by atoms with Gasteiger partial charge in [-0.05, 0) is 64.2 Å². The molecule has 1 aromatic rings. The van der Waals surface area contributed by atoms with Crippen molar-refractivity contribution in [3.05, 3.63) is 35.9 Å². The van der Waals surface area contributed by atoms with Crippen LogP contribution in [0.3, 0.4) is 0 Å². The molecule has 9 nitrogen and oxygen atoms in total. The van der Waals surface area contributed by atoms with Crippen molar-refractivity contribution in [2.24, 2.45) is 0 Å². The lowest BCUT2D eigenvalue weighted by Gasteiger charge is -2.42. The third-order valence-electron chi connectivity index (χ3n) is 6.62. The van der Waals surface area contributed by atoms with E-state index in [0.717, 1.165) is 0 Å². The molecule has 11 heteroatoms. The third kappa shape index (κ3) is 7.59. The standard InChI is InChI=1S/C27H39N3O6S2/c1-27(2,3)36-26(34)29-18-38-17-22(29)24(32)28-14-11-20(12-15-28)30(21(13-16-37-5)25(33)35-4)23(31)19-9-7-6-8-10-19/h6-10,20-22H,11-18H2,1-5H3/t21-,22-/m0/s1. The number of esters is 1. The van der Waals surface area contributed by atoms with Crippen LogP contribution in [0.2, 0.25) is 0 Å². The summed E-state index contributed by atoms with van der Waals surface area (Å²) in [7, 11) is 1.34. The van der Waals surface area contributed by atoms with E-state index in [2.05, 4.69) is 0 Å². The highest BCUT2D eigenvalue weighted by Gasteiger charge is 2.42. The Bertz CT molecular complexity index is 979. The number of thioether (sulfide) groups is 2. The number of likely N-dealkylation sites (tertiary alicyclic amines) is 1. The molecule has 0 aromatic heterocycles. The van der Waals surface area contributed by atoms with Crippen molar-refractivity contribution in [3.63, 3.8) is 0 Å². The number of rotatable bonds is 8. The molecule has 2 heterocycles. The normalized spacial score (nSPS) is 19.1. The van der Waals surface area contributed by atoms with Crippen LogP contribution in [0, 0.1) is 0 Å². The number of nitrogens with zero attached hydrogens (tertiary/aromatic N) is 3. The Kier molecular flexibility index (Phi) is 10.8. The molecule has 0 radical (unpaired) electrons. The highest BCUT2D eigenvalue weighted by Crippen LogP contribution is 2.28. The average Bonchev–Trinajstić information content (AvgIpc) is 3.40. The maximum atomic E-state index is 13.7. The zero-order chi connectivity index (χ0) is 27.9. The number of methoxy groups -OCH3 is 1. The minimum Gasteiger partial charge on any atom is -0.467 e. The largest absolute Gasteiger partial charge is 0.467 e. The first kappa shape index (κ1) is 30.1. The molecule has 210 valence electrons. The van der Waals surface area contributed by atoms with Gasteiger partial charge in [-0.2, -0.15) is 11.8 Å². The van der Waals surface area contributed by atoms with Gasteiger partial charge >= 0.3 is 12.1 Å². The van der Waals surface area contributed by atoms with Crippen molar-refractivity contribution in [1.29, 1.82) is 0 Å². The van der Waals surface area contributed by atoms with E-state index in [-0.39, 0.29) is 17.9 Å². The molecule has 2 atom stereocenters. The number of ether oxygens (including phenoxy) is 2. The number of piperidine rings is 1. The second-order valence-corrected chi connectivity index (χ2v) is 12.4. The summed E-state index contributed by atoms with van der Waals surface area (Å²) in [5.74, 6) is 0.892. The number of hydrogen-bond acceptors (Lipinski definition) is 8. The van der Waals surface area contributed by atoms with Gasteiger partial charge in [-0.25, -0.2) is 9.59 Å². The lowest BCUT2D eigenvalue weighted by Crippen LogP contribution is -2.57. The van der Waals surface area contributed by atoms with Crippen LogP contribution in [0.4, 0.5) is 4.79 Å². The van der Waals surface area contributed by atoms with Crippen molar-refractivity contribution >= 4 is 47.4 Å². The van der Waals surface area contributed by atoms with Crippen LogP contribution in [0.25, 0.3) is 0 Å². The molecular weight excluding hydrogens is 526 g/mol. The molecule has 0 aliphatic carbocycles. The molecule has 38 heavy (non-hydrogen) atoms. The molecule has 0 unspecified atom stereocenters. The molecular formula is C27H39N3O6S2. The number of benzene rings is 1. The summed E-state index contributed by atoms with van der Waals surface area (Å²) >= 11 is 3.14. The fourth-order valence-corrected chi connectivity index (χ4v) is 6.34.